The molecule has 33 heavy (non-hydrogen) atoms. The molecule has 174 valence electrons. The number of hydrogen-bond donors (Lipinski definition) is 0. The average Bonchev–Trinajstić information content (AvgIpc) is 2.75. The van der Waals surface area contributed by atoms with Crippen LogP contribution in [0.4, 0.5) is 17.6 Å². The number of alkyl halides is 4. The number of methoxy groups -OCH3 is 1. The SMILES string of the molecule is C=C(/C=C(/CF)C(=NC)OC)Cn1cnc(C(F)(F)F)c(Oc2cc(Cl)cc(C#N)c2)c1=O. The van der Waals surface area contributed by atoms with E-state index in [9.17, 15) is 22.4 Å². The molecule has 0 amide bonds. The lowest BCUT2D eigenvalue weighted by atomic mass is 10.1. The Morgan fingerprint density at radius 2 is 2.09 bits per heavy atom. The van der Waals surface area contributed by atoms with E-state index in [1.54, 1.807) is 6.07 Å². The van der Waals surface area contributed by atoms with Gasteiger partial charge in [-0.1, -0.05) is 18.2 Å². The topological polar surface area (TPSA) is 89.5 Å². The molecule has 0 fully saturated rings. The number of aliphatic imine (C=N–C) groups is 1. The third-order valence-electron chi connectivity index (χ3n) is 4.05. The summed E-state index contributed by atoms with van der Waals surface area (Å²) in [5, 5.41) is 9.04. The first-order valence-electron chi connectivity index (χ1n) is 9.04. The molecule has 1 heterocycles. The Labute approximate surface area is 190 Å². The van der Waals surface area contributed by atoms with E-state index < -0.39 is 29.9 Å². The number of halogens is 5. The van der Waals surface area contributed by atoms with E-state index in [1.165, 1.54) is 26.3 Å². The van der Waals surface area contributed by atoms with Crippen LogP contribution < -0.4 is 10.3 Å². The molecule has 0 bridgehead atoms. The second-order valence-electron chi connectivity index (χ2n) is 6.44. The number of ether oxygens (including phenoxy) is 2. The van der Waals surface area contributed by atoms with Crippen LogP contribution >= 0.6 is 11.6 Å². The molecule has 0 radical (unpaired) electrons. The van der Waals surface area contributed by atoms with Crippen molar-refractivity contribution in [3.8, 4) is 17.6 Å². The van der Waals surface area contributed by atoms with Crippen LogP contribution in [0.25, 0.3) is 0 Å². The van der Waals surface area contributed by atoms with Gasteiger partial charge in [-0.25, -0.2) is 9.37 Å². The first-order chi connectivity index (χ1) is 15.5. The molecule has 0 aliphatic rings. The Hall–Kier alpha value is -3.65. The number of nitriles is 1. The maximum atomic E-state index is 13.5. The van der Waals surface area contributed by atoms with Gasteiger partial charge in [0, 0.05) is 17.6 Å². The summed E-state index contributed by atoms with van der Waals surface area (Å²) in [6, 6.07) is 5.31. The summed E-state index contributed by atoms with van der Waals surface area (Å²) in [6.07, 6.45) is -3.07. The Kier molecular flexibility index (Phi) is 8.37. The largest absolute Gasteiger partial charge is 0.481 e. The summed E-state index contributed by atoms with van der Waals surface area (Å²) in [5.74, 6) is -1.38. The van der Waals surface area contributed by atoms with Gasteiger partial charge < -0.3 is 9.47 Å². The molecular weight excluding hydrogens is 468 g/mol. The van der Waals surface area contributed by atoms with Gasteiger partial charge in [0.2, 0.25) is 11.6 Å². The van der Waals surface area contributed by atoms with E-state index in [-0.39, 0.29) is 39.9 Å². The minimum atomic E-state index is -5.01. The lowest BCUT2D eigenvalue weighted by Gasteiger charge is -2.15. The molecule has 0 N–H and O–H groups in total. The molecule has 1 aromatic heterocycles. The first kappa shape index (κ1) is 25.6. The Bertz CT molecular complexity index is 1210. The molecule has 12 heteroatoms. The van der Waals surface area contributed by atoms with Crippen molar-refractivity contribution < 1.29 is 27.0 Å². The zero-order valence-electron chi connectivity index (χ0n) is 17.4. The van der Waals surface area contributed by atoms with Gasteiger partial charge in [0.05, 0.1) is 31.6 Å². The number of rotatable bonds is 7. The smallest absolute Gasteiger partial charge is 0.437 e. The summed E-state index contributed by atoms with van der Waals surface area (Å²) >= 11 is 5.86. The predicted octanol–water partition coefficient (Wildman–Crippen LogP) is 4.71. The van der Waals surface area contributed by atoms with Gasteiger partial charge in [-0.05, 0) is 29.8 Å². The third-order valence-corrected chi connectivity index (χ3v) is 4.27. The van der Waals surface area contributed by atoms with E-state index in [4.69, 9.17) is 26.3 Å². The second kappa shape index (κ2) is 10.8. The molecule has 0 atom stereocenters. The van der Waals surface area contributed by atoms with E-state index in [0.717, 1.165) is 16.7 Å². The molecule has 1 aromatic carbocycles. The predicted molar refractivity (Wildman–Crippen MR) is 113 cm³/mol. The number of hydrogen-bond acceptors (Lipinski definition) is 6. The summed E-state index contributed by atoms with van der Waals surface area (Å²) in [4.78, 5) is 19.9. The molecule has 0 aliphatic heterocycles. The fourth-order valence-corrected chi connectivity index (χ4v) is 2.94. The summed E-state index contributed by atoms with van der Waals surface area (Å²) in [5.41, 5.74) is -2.54. The second-order valence-corrected chi connectivity index (χ2v) is 6.87. The first-order valence-corrected chi connectivity index (χ1v) is 9.42. The zero-order valence-corrected chi connectivity index (χ0v) is 18.2. The van der Waals surface area contributed by atoms with Gasteiger partial charge in [0.1, 0.15) is 12.4 Å². The Balaban J connectivity index is 2.52. The fourth-order valence-electron chi connectivity index (χ4n) is 2.72. The summed E-state index contributed by atoms with van der Waals surface area (Å²) < 4.78 is 64.7. The highest BCUT2D eigenvalue weighted by Gasteiger charge is 2.38. The fraction of sp³-hybridized carbons (Fsp3) is 0.238. The number of aromatic nitrogens is 2. The highest BCUT2D eigenvalue weighted by molar-refractivity contribution is 6.30. The minimum Gasteiger partial charge on any atom is -0.481 e. The monoisotopic (exact) mass is 484 g/mol. The molecule has 0 aliphatic carbocycles. The highest BCUT2D eigenvalue weighted by atomic mass is 35.5. The van der Waals surface area contributed by atoms with E-state index in [2.05, 4.69) is 16.6 Å². The molecule has 0 saturated carbocycles. The van der Waals surface area contributed by atoms with Gasteiger partial charge in [-0.2, -0.15) is 18.4 Å². The third kappa shape index (κ3) is 6.43. The lowest BCUT2D eigenvalue weighted by Crippen LogP contribution is -2.26. The van der Waals surface area contributed by atoms with E-state index >= 15 is 0 Å². The molecule has 2 rings (SSSR count). The maximum Gasteiger partial charge on any atom is 0.437 e. The molecule has 7 nitrogen and oxygen atoms in total. The molecular formula is C21H17ClF4N4O3. The molecule has 0 spiro atoms. The van der Waals surface area contributed by atoms with Crippen molar-refractivity contribution in [2.75, 3.05) is 20.8 Å². The van der Waals surface area contributed by atoms with Crippen molar-refractivity contribution in [3.05, 3.63) is 75.0 Å². The van der Waals surface area contributed by atoms with Gasteiger partial charge in [0.25, 0.3) is 5.56 Å². The zero-order chi connectivity index (χ0) is 24.8. The van der Waals surface area contributed by atoms with Gasteiger partial charge in [-0.3, -0.25) is 14.4 Å². The van der Waals surface area contributed by atoms with Crippen molar-refractivity contribution >= 4 is 17.5 Å². The van der Waals surface area contributed by atoms with Crippen LogP contribution in [0.15, 0.2) is 58.1 Å². The molecule has 0 unspecified atom stereocenters. The van der Waals surface area contributed by atoms with Crippen molar-refractivity contribution in [1.82, 2.24) is 9.55 Å². The van der Waals surface area contributed by atoms with Crippen LogP contribution in [0.3, 0.4) is 0 Å². The average molecular weight is 485 g/mol. The van der Waals surface area contributed by atoms with Crippen LogP contribution in [0.2, 0.25) is 5.02 Å². The Morgan fingerprint density at radius 1 is 1.39 bits per heavy atom. The van der Waals surface area contributed by atoms with Crippen molar-refractivity contribution in [3.63, 3.8) is 0 Å². The summed E-state index contributed by atoms with van der Waals surface area (Å²) in [7, 11) is 2.67. The molecule has 0 saturated heterocycles. The number of benzene rings is 1. The number of allylic oxidation sites excluding steroid dienone is 2. The maximum absolute atomic E-state index is 13.5. The van der Waals surface area contributed by atoms with Crippen molar-refractivity contribution in [2.24, 2.45) is 4.99 Å². The van der Waals surface area contributed by atoms with Crippen molar-refractivity contribution in [2.45, 2.75) is 12.7 Å². The van der Waals surface area contributed by atoms with Crippen LogP contribution in [0.5, 0.6) is 11.5 Å². The van der Waals surface area contributed by atoms with E-state index in [1.807, 2.05) is 0 Å². The number of nitrogens with zero attached hydrogens (tertiary/aromatic N) is 4. The highest BCUT2D eigenvalue weighted by Crippen LogP contribution is 2.35. The van der Waals surface area contributed by atoms with Gasteiger partial charge >= 0.3 is 6.18 Å². The van der Waals surface area contributed by atoms with Crippen LogP contribution in [-0.4, -0.2) is 36.3 Å². The standard InChI is InChI=1S/C21H17ClF4N4O3/c1-12(4-14(8-23)19(28-2)32-3)10-30-11-29-18(21(24,25)26)17(20(30)31)33-16-6-13(9-27)5-15(22)7-16/h4-7,11H,1,8,10H2,2-3H3/b14-4-,28-19?. The van der Waals surface area contributed by atoms with Crippen LogP contribution in [0.1, 0.15) is 11.3 Å². The molecule has 2 aromatic rings. The normalized spacial score (nSPS) is 12.3. The minimum absolute atomic E-state index is 0.00480. The quantitative estimate of drug-likeness (QED) is 0.246. The summed E-state index contributed by atoms with van der Waals surface area (Å²) in [6.45, 7) is 2.41. The van der Waals surface area contributed by atoms with Crippen LogP contribution in [-0.2, 0) is 17.5 Å². The van der Waals surface area contributed by atoms with Gasteiger partial charge in [0.15, 0.2) is 5.69 Å². The Morgan fingerprint density at radius 3 is 2.64 bits per heavy atom. The van der Waals surface area contributed by atoms with E-state index in [0.29, 0.717) is 6.33 Å². The lowest BCUT2D eigenvalue weighted by molar-refractivity contribution is -0.142. The van der Waals surface area contributed by atoms with Gasteiger partial charge in [-0.15, -0.1) is 0 Å². The van der Waals surface area contributed by atoms with Crippen molar-refractivity contribution in [1.29, 1.82) is 5.26 Å². The van der Waals surface area contributed by atoms with Crippen LogP contribution in [0, 0.1) is 11.3 Å².